The lowest BCUT2D eigenvalue weighted by Gasteiger charge is -2.09. The van der Waals surface area contributed by atoms with Gasteiger partial charge >= 0.3 is 0 Å². The highest BCUT2D eigenvalue weighted by atomic mass is 15.4. The van der Waals surface area contributed by atoms with Gasteiger partial charge in [0.05, 0.1) is 35.5 Å². The van der Waals surface area contributed by atoms with Crippen molar-refractivity contribution in [2.24, 2.45) is 10.2 Å². The first-order valence-electron chi connectivity index (χ1n) is 11.7. The molecule has 6 rings (SSSR count). The molecular weight excluding hydrogens is 448 g/mol. The Morgan fingerprint density at radius 1 is 0.500 bits per heavy atom. The van der Waals surface area contributed by atoms with Crippen LogP contribution in [0.5, 0.6) is 0 Å². The van der Waals surface area contributed by atoms with Crippen molar-refractivity contribution in [1.82, 2.24) is 30.0 Å². The first-order valence-corrected chi connectivity index (χ1v) is 11.7. The predicted molar refractivity (Wildman–Crippen MR) is 141 cm³/mol. The maximum atomic E-state index is 4.77. The third kappa shape index (κ3) is 4.39. The smallest absolute Gasteiger partial charge is 0.113 e. The molecule has 36 heavy (non-hydrogen) atoms. The molecule has 0 spiro atoms. The van der Waals surface area contributed by atoms with Gasteiger partial charge in [-0.05, 0) is 35.4 Å². The summed E-state index contributed by atoms with van der Waals surface area (Å²) in [6.07, 6.45) is 0. The van der Waals surface area contributed by atoms with Crippen LogP contribution in [0.3, 0.4) is 0 Å². The third-order valence-electron chi connectivity index (χ3n) is 5.94. The molecule has 8 heteroatoms. The minimum absolute atomic E-state index is 0.433. The summed E-state index contributed by atoms with van der Waals surface area (Å²) < 4.78 is 3.70. The van der Waals surface area contributed by atoms with Crippen LogP contribution < -0.4 is 0 Å². The van der Waals surface area contributed by atoms with Crippen molar-refractivity contribution >= 4 is 33.5 Å². The lowest BCUT2D eigenvalue weighted by Crippen LogP contribution is -2.15. The van der Waals surface area contributed by atoms with E-state index in [0.717, 1.165) is 44.6 Å². The van der Waals surface area contributed by atoms with Crippen molar-refractivity contribution < 1.29 is 0 Å². The zero-order valence-electron chi connectivity index (χ0n) is 19.4. The molecule has 0 bridgehead atoms. The Kier molecular flexibility index (Phi) is 5.81. The van der Waals surface area contributed by atoms with Crippen molar-refractivity contribution in [3.63, 3.8) is 0 Å². The van der Waals surface area contributed by atoms with E-state index in [0.29, 0.717) is 13.1 Å². The SMILES string of the molecule is c1ccc(/C(Cn2nnc3ccccc32)=N/N=C(/Cn2nnc3ccccc32)c2ccccc2)cc1. The Bertz CT molecular complexity index is 1550. The molecule has 0 radical (unpaired) electrons. The summed E-state index contributed by atoms with van der Waals surface area (Å²) in [6.45, 7) is 0.866. The first-order chi connectivity index (χ1) is 17.8. The Morgan fingerprint density at radius 3 is 1.33 bits per heavy atom. The van der Waals surface area contributed by atoms with Crippen LogP contribution in [0.15, 0.2) is 119 Å². The van der Waals surface area contributed by atoms with Gasteiger partial charge in [0.25, 0.3) is 0 Å². The third-order valence-corrected chi connectivity index (χ3v) is 5.94. The molecule has 0 fully saturated rings. The second-order valence-corrected chi connectivity index (χ2v) is 8.30. The Hall–Kier alpha value is -4.98. The van der Waals surface area contributed by atoms with Gasteiger partial charge in [0.1, 0.15) is 11.0 Å². The van der Waals surface area contributed by atoms with Gasteiger partial charge in [-0.2, -0.15) is 10.2 Å². The second-order valence-electron chi connectivity index (χ2n) is 8.30. The molecule has 0 atom stereocenters. The molecule has 0 unspecified atom stereocenters. The van der Waals surface area contributed by atoms with Crippen LogP contribution >= 0.6 is 0 Å². The van der Waals surface area contributed by atoms with Crippen LogP contribution in [0.25, 0.3) is 22.1 Å². The van der Waals surface area contributed by atoms with Crippen LogP contribution in [-0.4, -0.2) is 41.4 Å². The molecule has 0 amide bonds. The monoisotopic (exact) mass is 470 g/mol. The number of hydrogen-bond acceptors (Lipinski definition) is 6. The Labute approximate surface area is 207 Å². The van der Waals surface area contributed by atoms with Gasteiger partial charge in [0.15, 0.2) is 0 Å². The molecule has 0 aliphatic carbocycles. The second kappa shape index (κ2) is 9.71. The molecule has 174 valence electrons. The molecular formula is C28H22N8. The maximum Gasteiger partial charge on any atom is 0.113 e. The van der Waals surface area contributed by atoms with Gasteiger partial charge in [-0.1, -0.05) is 95.4 Å². The van der Waals surface area contributed by atoms with E-state index in [2.05, 4.69) is 20.6 Å². The van der Waals surface area contributed by atoms with Crippen LogP contribution in [-0.2, 0) is 13.1 Å². The molecule has 0 aliphatic rings. The van der Waals surface area contributed by atoms with Crippen molar-refractivity contribution in [2.75, 3.05) is 0 Å². The van der Waals surface area contributed by atoms with Gasteiger partial charge in [-0.3, -0.25) is 0 Å². The van der Waals surface area contributed by atoms with Gasteiger partial charge < -0.3 is 0 Å². The van der Waals surface area contributed by atoms with E-state index in [1.807, 2.05) is 119 Å². The highest BCUT2D eigenvalue weighted by Gasteiger charge is 2.12. The standard InChI is InChI=1S/C28H22N8/c1-3-11-21(12-4-1)25(19-35-27-17-9-7-15-23(27)31-33-35)29-30-26(22-13-5-2-6-14-22)20-36-28-18-10-8-16-24(28)32-34-36/h1-18H,19-20H2/b29-25-,30-26+. The number of hydrogen-bond donors (Lipinski definition) is 0. The fraction of sp³-hybridized carbons (Fsp3) is 0.0714. The fourth-order valence-corrected chi connectivity index (χ4v) is 4.10. The number of rotatable bonds is 7. The van der Waals surface area contributed by atoms with Crippen LogP contribution in [0.2, 0.25) is 0 Å². The summed E-state index contributed by atoms with van der Waals surface area (Å²) >= 11 is 0. The topological polar surface area (TPSA) is 86.1 Å². The summed E-state index contributed by atoms with van der Waals surface area (Å²) in [6, 6.07) is 35.9. The first kappa shape index (κ1) is 21.5. The average Bonchev–Trinajstić information content (AvgIpc) is 3.55. The molecule has 0 saturated heterocycles. The molecule has 0 saturated carbocycles. The van der Waals surface area contributed by atoms with E-state index in [4.69, 9.17) is 10.2 Å². The molecule has 0 aliphatic heterocycles. The zero-order valence-corrected chi connectivity index (χ0v) is 19.4. The Morgan fingerprint density at radius 2 is 0.889 bits per heavy atom. The summed E-state index contributed by atoms with van der Waals surface area (Å²) in [5, 5.41) is 26.8. The number of aromatic nitrogens is 6. The number of benzene rings is 4. The molecule has 8 nitrogen and oxygen atoms in total. The van der Waals surface area contributed by atoms with E-state index in [9.17, 15) is 0 Å². The van der Waals surface area contributed by atoms with E-state index >= 15 is 0 Å². The van der Waals surface area contributed by atoms with Crippen molar-refractivity contribution in [1.29, 1.82) is 0 Å². The van der Waals surface area contributed by atoms with Crippen molar-refractivity contribution in [3.05, 3.63) is 120 Å². The number of fused-ring (bicyclic) bond motifs is 2. The van der Waals surface area contributed by atoms with Crippen molar-refractivity contribution in [3.8, 4) is 0 Å². The maximum absolute atomic E-state index is 4.77. The van der Waals surface area contributed by atoms with E-state index in [-0.39, 0.29) is 0 Å². The minimum atomic E-state index is 0.433. The lowest BCUT2D eigenvalue weighted by atomic mass is 10.1. The van der Waals surface area contributed by atoms with E-state index in [1.165, 1.54) is 0 Å². The van der Waals surface area contributed by atoms with Gasteiger partial charge in [-0.15, -0.1) is 10.2 Å². The van der Waals surface area contributed by atoms with E-state index in [1.54, 1.807) is 0 Å². The van der Waals surface area contributed by atoms with E-state index < -0.39 is 0 Å². The number of nitrogens with zero attached hydrogens (tertiary/aromatic N) is 8. The minimum Gasteiger partial charge on any atom is -0.239 e. The van der Waals surface area contributed by atoms with Crippen LogP contribution in [0, 0.1) is 0 Å². The summed E-state index contributed by atoms with van der Waals surface area (Å²) in [5.74, 6) is 0. The zero-order chi connectivity index (χ0) is 24.2. The largest absolute Gasteiger partial charge is 0.239 e. The highest BCUT2D eigenvalue weighted by Crippen LogP contribution is 2.14. The van der Waals surface area contributed by atoms with Crippen molar-refractivity contribution in [2.45, 2.75) is 13.1 Å². The summed E-state index contributed by atoms with van der Waals surface area (Å²) in [4.78, 5) is 0. The quantitative estimate of drug-likeness (QED) is 0.248. The molecule has 0 N–H and O–H groups in total. The normalized spacial score (nSPS) is 12.4. The molecule has 2 heterocycles. The molecule has 6 aromatic rings. The average molecular weight is 471 g/mol. The lowest BCUT2D eigenvalue weighted by molar-refractivity contribution is 0.696. The summed E-state index contributed by atoms with van der Waals surface area (Å²) in [5.41, 5.74) is 7.09. The summed E-state index contributed by atoms with van der Waals surface area (Å²) in [7, 11) is 0. The van der Waals surface area contributed by atoms with Gasteiger partial charge in [0.2, 0.25) is 0 Å². The molecule has 2 aromatic heterocycles. The Balaban J connectivity index is 1.43. The van der Waals surface area contributed by atoms with Gasteiger partial charge in [0, 0.05) is 0 Å². The van der Waals surface area contributed by atoms with Crippen LogP contribution in [0.1, 0.15) is 11.1 Å². The van der Waals surface area contributed by atoms with Gasteiger partial charge in [-0.25, -0.2) is 9.36 Å². The molecule has 4 aromatic carbocycles. The number of para-hydroxylation sites is 2. The highest BCUT2D eigenvalue weighted by molar-refractivity contribution is 6.04. The fourth-order valence-electron chi connectivity index (χ4n) is 4.10. The van der Waals surface area contributed by atoms with Crippen LogP contribution in [0.4, 0.5) is 0 Å². The predicted octanol–water partition coefficient (Wildman–Crippen LogP) is 4.77.